The van der Waals surface area contributed by atoms with E-state index in [1.807, 2.05) is 23.6 Å². The van der Waals surface area contributed by atoms with Gasteiger partial charge in [-0.2, -0.15) is 9.90 Å². The maximum atomic E-state index is 12.7. The second-order valence-corrected chi connectivity index (χ2v) is 7.45. The highest BCUT2D eigenvalue weighted by Crippen LogP contribution is 2.35. The maximum Gasteiger partial charge on any atom is 0.247 e. The van der Waals surface area contributed by atoms with Crippen molar-refractivity contribution in [2.24, 2.45) is 0 Å². The minimum absolute atomic E-state index is 0.196. The average molecular weight is 419 g/mol. The molecule has 4 rings (SSSR count). The number of halogens is 1. The number of nitrogens with zero attached hydrogens (tertiary/aromatic N) is 6. The molecule has 1 atom stereocenters. The molecule has 0 aliphatic heterocycles. The van der Waals surface area contributed by atoms with Gasteiger partial charge in [0.25, 0.3) is 0 Å². The molecule has 0 spiro atoms. The van der Waals surface area contributed by atoms with Crippen molar-refractivity contribution in [3.05, 3.63) is 39.9 Å². The van der Waals surface area contributed by atoms with Crippen molar-refractivity contribution in [2.45, 2.75) is 44.8 Å². The average Bonchev–Trinajstić information content (AvgIpc) is 3.29. The number of benzene rings is 1. The molecule has 3 aromatic rings. The van der Waals surface area contributed by atoms with Gasteiger partial charge in [-0.05, 0) is 61.0 Å². The lowest BCUT2D eigenvalue weighted by atomic mass is 10.2. The monoisotopic (exact) mass is 418 g/mol. The first kappa shape index (κ1) is 18.8. The van der Waals surface area contributed by atoms with Crippen LogP contribution in [0.2, 0.25) is 5.02 Å². The van der Waals surface area contributed by atoms with Gasteiger partial charge >= 0.3 is 0 Å². The summed E-state index contributed by atoms with van der Waals surface area (Å²) >= 11 is 11.2. The van der Waals surface area contributed by atoms with Crippen LogP contribution in [-0.2, 0) is 11.3 Å². The standard InChI is InChI=1S/C17H19ClN8OS/c1-2-13(26-23-15(21-24-26)10-3-5-11(18)6-4-10)16(27)19-9-14-20-22-17(28)25(14)12-7-8-12/h3-6,12-13H,2,7-9H2,1H3,(H,19,27)(H,22,28). The van der Waals surface area contributed by atoms with Crippen LogP contribution in [0.4, 0.5) is 0 Å². The number of tetrazole rings is 1. The van der Waals surface area contributed by atoms with E-state index in [4.69, 9.17) is 23.8 Å². The Balaban J connectivity index is 1.46. The third-order valence-electron chi connectivity index (χ3n) is 4.61. The van der Waals surface area contributed by atoms with Gasteiger partial charge in [-0.3, -0.25) is 14.5 Å². The second kappa shape index (κ2) is 7.80. The van der Waals surface area contributed by atoms with Crippen LogP contribution in [0, 0.1) is 4.77 Å². The molecule has 1 fully saturated rings. The smallest absolute Gasteiger partial charge is 0.247 e. The predicted octanol–water partition coefficient (Wildman–Crippen LogP) is 2.85. The molecule has 0 radical (unpaired) electrons. The molecule has 1 aliphatic carbocycles. The molecule has 1 saturated carbocycles. The number of carbonyl (C=O) groups is 1. The van der Waals surface area contributed by atoms with Crippen molar-refractivity contribution in [1.29, 1.82) is 0 Å². The summed E-state index contributed by atoms with van der Waals surface area (Å²) < 4.78 is 2.56. The summed E-state index contributed by atoms with van der Waals surface area (Å²) in [5, 5.41) is 23.0. The number of nitrogens with one attached hydrogen (secondary N) is 2. The summed E-state index contributed by atoms with van der Waals surface area (Å²) in [5.74, 6) is 0.973. The van der Waals surface area contributed by atoms with Crippen molar-refractivity contribution in [2.75, 3.05) is 0 Å². The molecule has 1 unspecified atom stereocenters. The highest BCUT2D eigenvalue weighted by Gasteiger charge is 2.28. The van der Waals surface area contributed by atoms with Gasteiger partial charge < -0.3 is 5.32 Å². The van der Waals surface area contributed by atoms with Gasteiger partial charge in [-0.15, -0.1) is 10.2 Å². The fraction of sp³-hybridized carbons (Fsp3) is 0.412. The zero-order valence-corrected chi connectivity index (χ0v) is 16.7. The second-order valence-electron chi connectivity index (χ2n) is 6.63. The Labute approximate surface area is 171 Å². The first-order valence-electron chi connectivity index (χ1n) is 9.05. The van der Waals surface area contributed by atoms with Gasteiger partial charge in [0.05, 0.1) is 6.54 Å². The van der Waals surface area contributed by atoms with Crippen molar-refractivity contribution in [3.63, 3.8) is 0 Å². The van der Waals surface area contributed by atoms with E-state index in [1.165, 1.54) is 4.80 Å². The van der Waals surface area contributed by atoms with Gasteiger partial charge in [0, 0.05) is 16.6 Å². The molecule has 0 saturated heterocycles. The molecule has 1 aromatic carbocycles. The molecule has 1 aliphatic rings. The van der Waals surface area contributed by atoms with E-state index in [0.717, 1.165) is 24.2 Å². The van der Waals surface area contributed by atoms with E-state index in [-0.39, 0.29) is 12.5 Å². The van der Waals surface area contributed by atoms with Crippen LogP contribution >= 0.6 is 23.8 Å². The van der Waals surface area contributed by atoms with E-state index in [2.05, 4.69) is 30.9 Å². The van der Waals surface area contributed by atoms with Crippen LogP contribution < -0.4 is 5.32 Å². The van der Waals surface area contributed by atoms with Crippen molar-refractivity contribution in [1.82, 2.24) is 40.3 Å². The van der Waals surface area contributed by atoms with E-state index < -0.39 is 6.04 Å². The molecule has 2 N–H and O–H groups in total. The zero-order chi connectivity index (χ0) is 19.7. The summed E-state index contributed by atoms with van der Waals surface area (Å²) in [6.45, 7) is 2.19. The summed E-state index contributed by atoms with van der Waals surface area (Å²) in [4.78, 5) is 14.1. The number of H-pyrrole nitrogens is 1. The molecule has 146 valence electrons. The number of aromatic nitrogens is 7. The van der Waals surface area contributed by atoms with Crippen LogP contribution in [-0.4, -0.2) is 40.9 Å². The minimum atomic E-state index is -0.565. The number of rotatable bonds is 7. The van der Waals surface area contributed by atoms with Gasteiger partial charge in [-0.1, -0.05) is 18.5 Å². The lowest BCUT2D eigenvalue weighted by Crippen LogP contribution is -2.33. The van der Waals surface area contributed by atoms with Gasteiger partial charge in [0.2, 0.25) is 11.7 Å². The predicted molar refractivity (Wildman–Crippen MR) is 105 cm³/mol. The Hall–Kier alpha value is -2.59. The first-order valence-corrected chi connectivity index (χ1v) is 9.84. The number of amides is 1. The molecule has 9 nitrogen and oxygen atoms in total. The fourth-order valence-corrected chi connectivity index (χ4v) is 3.41. The zero-order valence-electron chi connectivity index (χ0n) is 15.2. The summed E-state index contributed by atoms with van der Waals surface area (Å²) in [5.41, 5.74) is 0.783. The van der Waals surface area contributed by atoms with Crippen LogP contribution in [0.15, 0.2) is 24.3 Å². The van der Waals surface area contributed by atoms with E-state index in [1.54, 1.807) is 12.1 Å². The maximum absolute atomic E-state index is 12.7. The lowest BCUT2D eigenvalue weighted by molar-refractivity contribution is -0.125. The third-order valence-corrected chi connectivity index (χ3v) is 5.15. The molecule has 11 heteroatoms. The molecule has 28 heavy (non-hydrogen) atoms. The molecule has 2 aromatic heterocycles. The fourth-order valence-electron chi connectivity index (χ4n) is 2.98. The van der Waals surface area contributed by atoms with Gasteiger partial charge in [0.15, 0.2) is 16.6 Å². The summed E-state index contributed by atoms with van der Waals surface area (Å²) in [6, 6.07) is 6.96. The normalized spacial score (nSPS) is 14.8. The Kier molecular flexibility index (Phi) is 5.23. The first-order chi connectivity index (χ1) is 13.6. The summed E-state index contributed by atoms with van der Waals surface area (Å²) in [6.07, 6.45) is 2.70. The van der Waals surface area contributed by atoms with Crippen LogP contribution in [0.3, 0.4) is 0 Å². The van der Waals surface area contributed by atoms with E-state index >= 15 is 0 Å². The number of hydrogen-bond acceptors (Lipinski definition) is 6. The van der Waals surface area contributed by atoms with Crippen LogP contribution in [0.1, 0.15) is 44.1 Å². The SMILES string of the molecule is CCC(C(=O)NCc1n[nH]c(=S)n1C1CC1)n1nnc(-c2ccc(Cl)cc2)n1. The number of aromatic amines is 1. The van der Waals surface area contributed by atoms with Crippen molar-refractivity contribution >= 4 is 29.7 Å². The number of carbonyl (C=O) groups excluding carboxylic acids is 1. The van der Waals surface area contributed by atoms with E-state index in [9.17, 15) is 4.79 Å². The Bertz CT molecular complexity index is 1040. The molecule has 2 heterocycles. The van der Waals surface area contributed by atoms with Crippen molar-refractivity contribution < 1.29 is 4.79 Å². The Morgan fingerprint density at radius 3 is 2.82 bits per heavy atom. The van der Waals surface area contributed by atoms with Crippen LogP contribution in [0.5, 0.6) is 0 Å². The van der Waals surface area contributed by atoms with Crippen LogP contribution in [0.25, 0.3) is 11.4 Å². The number of hydrogen-bond donors (Lipinski definition) is 2. The van der Waals surface area contributed by atoms with Gasteiger partial charge in [-0.25, -0.2) is 0 Å². The molecule has 0 bridgehead atoms. The van der Waals surface area contributed by atoms with Crippen molar-refractivity contribution in [3.8, 4) is 11.4 Å². The largest absolute Gasteiger partial charge is 0.347 e. The molecule has 1 amide bonds. The summed E-state index contributed by atoms with van der Waals surface area (Å²) in [7, 11) is 0. The molecular formula is C17H19ClN8OS. The Morgan fingerprint density at radius 1 is 1.39 bits per heavy atom. The highest BCUT2D eigenvalue weighted by molar-refractivity contribution is 7.71. The quantitative estimate of drug-likeness (QED) is 0.571. The Morgan fingerprint density at radius 2 is 2.14 bits per heavy atom. The topological polar surface area (TPSA) is 106 Å². The van der Waals surface area contributed by atoms with Gasteiger partial charge in [0.1, 0.15) is 0 Å². The third kappa shape index (κ3) is 3.83. The van der Waals surface area contributed by atoms with E-state index in [0.29, 0.717) is 28.1 Å². The highest BCUT2D eigenvalue weighted by atomic mass is 35.5. The minimum Gasteiger partial charge on any atom is -0.347 e. The molecular weight excluding hydrogens is 400 g/mol. The lowest BCUT2D eigenvalue weighted by Gasteiger charge is -2.13.